The molecule has 2 rings (SSSR count). The lowest BCUT2D eigenvalue weighted by molar-refractivity contribution is -0.0797. The Kier molecular flexibility index (Phi) is 4.35. The molecule has 0 radical (unpaired) electrons. The van der Waals surface area contributed by atoms with Gasteiger partial charge in [0.05, 0.1) is 18.4 Å². The molecule has 0 fully saturated rings. The summed E-state index contributed by atoms with van der Waals surface area (Å²) in [6.07, 6.45) is -3.64. The van der Waals surface area contributed by atoms with Crippen molar-refractivity contribution in [2.24, 2.45) is 0 Å². The Hall–Kier alpha value is -2.25. The van der Waals surface area contributed by atoms with Crippen LogP contribution in [0.4, 0.5) is 5.82 Å². The Morgan fingerprint density at radius 2 is 2.00 bits per heavy atom. The summed E-state index contributed by atoms with van der Waals surface area (Å²) in [7, 11) is 0. The predicted molar refractivity (Wildman–Crippen MR) is 70.9 cm³/mol. The van der Waals surface area contributed by atoms with E-state index in [1.807, 2.05) is 6.07 Å². The van der Waals surface area contributed by atoms with E-state index in [9.17, 15) is 20.6 Å². The van der Waals surface area contributed by atoms with Crippen molar-refractivity contribution in [3.8, 4) is 6.07 Å². The molecule has 9 heteroatoms. The van der Waals surface area contributed by atoms with Crippen LogP contribution in [0.5, 0.6) is 0 Å². The molecule has 0 amide bonds. The number of anilines is 1. The van der Waals surface area contributed by atoms with Crippen molar-refractivity contribution in [3.63, 3.8) is 0 Å². The molecule has 0 spiro atoms. The Bertz CT molecular complexity index is 667. The fourth-order valence-corrected chi connectivity index (χ4v) is 2.06. The molecule has 6 N–H and O–H groups in total. The molecule has 2 heterocycles. The summed E-state index contributed by atoms with van der Waals surface area (Å²) in [5.41, 5.74) is 6.42. The number of nitrogens with two attached hydrogens (primary N) is 1. The second kappa shape index (κ2) is 6.02. The third kappa shape index (κ3) is 2.65. The molecule has 0 aliphatic rings. The number of hydrogen-bond donors (Lipinski definition) is 5. The van der Waals surface area contributed by atoms with Gasteiger partial charge < -0.3 is 26.2 Å². The molecule has 0 saturated carbocycles. The average molecular weight is 293 g/mol. The van der Waals surface area contributed by atoms with Gasteiger partial charge in [0.1, 0.15) is 36.1 Å². The topological polar surface area (TPSA) is 161 Å². The number of nitrogen functional groups attached to an aromatic ring is 1. The van der Waals surface area contributed by atoms with Gasteiger partial charge in [-0.25, -0.2) is 9.50 Å². The Morgan fingerprint density at radius 3 is 2.62 bits per heavy atom. The summed E-state index contributed by atoms with van der Waals surface area (Å²) in [4.78, 5) is 3.81. The molecule has 0 aromatic carbocycles. The fraction of sp³-hybridized carbons (Fsp3) is 0.417. The predicted octanol–water partition coefficient (Wildman–Crippen LogP) is -2.01. The highest BCUT2D eigenvalue weighted by Gasteiger charge is 2.34. The van der Waals surface area contributed by atoms with E-state index in [-0.39, 0.29) is 5.82 Å². The molecular weight excluding hydrogens is 278 g/mol. The first kappa shape index (κ1) is 15.1. The first-order valence-corrected chi connectivity index (χ1v) is 6.14. The van der Waals surface area contributed by atoms with Crippen LogP contribution in [0, 0.1) is 11.3 Å². The number of aliphatic hydroxyl groups excluding tert-OH is 4. The summed E-state index contributed by atoms with van der Waals surface area (Å²) in [6.45, 7) is -0.736. The maximum absolute atomic E-state index is 10.0. The number of nitrogens with zero attached hydrogens (tertiary/aromatic N) is 4. The second-order valence-corrected chi connectivity index (χ2v) is 4.54. The molecule has 0 aliphatic carbocycles. The van der Waals surface area contributed by atoms with Crippen molar-refractivity contribution < 1.29 is 20.4 Å². The van der Waals surface area contributed by atoms with Crippen molar-refractivity contribution in [2.75, 3.05) is 12.3 Å². The average Bonchev–Trinajstić information content (AvgIpc) is 2.92. The minimum absolute atomic E-state index is 0.207. The maximum atomic E-state index is 10.0. The van der Waals surface area contributed by atoms with E-state index in [0.717, 1.165) is 0 Å². The Balaban J connectivity index is 2.41. The van der Waals surface area contributed by atoms with Gasteiger partial charge in [-0.05, 0) is 12.1 Å². The van der Waals surface area contributed by atoms with Crippen LogP contribution in [0.15, 0.2) is 18.5 Å². The lowest BCUT2D eigenvalue weighted by Crippen LogP contribution is -2.42. The summed E-state index contributed by atoms with van der Waals surface area (Å²) in [6, 6.07) is 4.95. The smallest absolute Gasteiger partial charge is 0.151 e. The van der Waals surface area contributed by atoms with E-state index in [4.69, 9.17) is 10.8 Å². The van der Waals surface area contributed by atoms with Crippen LogP contribution in [-0.2, 0) is 0 Å². The van der Waals surface area contributed by atoms with Crippen molar-refractivity contribution in [1.29, 1.82) is 5.26 Å². The SMILES string of the molecule is N#CC(c1ccc2c(N)ncnn12)[C@H](O)[C@H](O)[C@H](O)CO. The number of aromatic nitrogens is 3. The molecule has 2 aromatic rings. The van der Waals surface area contributed by atoms with E-state index >= 15 is 0 Å². The Labute approximate surface area is 119 Å². The van der Waals surface area contributed by atoms with Crippen LogP contribution in [0.3, 0.4) is 0 Å². The van der Waals surface area contributed by atoms with E-state index in [1.165, 1.54) is 16.9 Å². The Morgan fingerprint density at radius 1 is 1.29 bits per heavy atom. The molecule has 0 aliphatic heterocycles. The highest BCUT2D eigenvalue weighted by Crippen LogP contribution is 2.25. The summed E-state index contributed by atoms with van der Waals surface area (Å²) in [5.74, 6) is -0.962. The van der Waals surface area contributed by atoms with Gasteiger partial charge in [0, 0.05) is 0 Å². The van der Waals surface area contributed by atoms with Gasteiger partial charge in [0.15, 0.2) is 5.82 Å². The largest absolute Gasteiger partial charge is 0.394 e. The number of nitriles is 1. The zero-order valence-electron chi connectivity index (χ0n) is 10.9. The summed E-state index contributed by atoms with van der Waals surface area (Å²) < 4.78 is 1.33. The zero-order valence-corrected chi connectivity index (χ0v) is 10.9. The van der Waals surface area contributed by atoms with E-state index in [0.29, 0.717) is 11.2 Å². The normalized spacial score (nSPS) is 17.1. The van der Waals surface area contributed by atoms with Crippen molar-refractivity contribution >= 4 is 11.3 Å². The highest BCUT2D eigenvalue weighted by molar-refractivity contribution is 5.65. The molecule has 0 bridgehead atoms. The molecular formula is C12H15N5O4. The van der Waals surface area contributed by atoms with Crippen LogP contribution >= 0.6 is 0 Å². The van der Waals surface area contributed by atoms with E-state index in [1.54, 1.807) is 6.07 Å². The molecule has 2 aromatic heterocycles. The van der Waals surface area contributed by atoms with Gasteiger partial charge in [-0.15, -0.1) is 0 Å². The van der Waals surface area contributed by atoms with Crippen molar-refractivity contribution in [2.45, 2.75) is 24.2 Å². The first-order valence-electron chi connectivity index (χ1n) is 6.14. The third-order valence-electron chi connectivity index (χ3n) is 3.24. The van der Waals surface area contributed by atoms with Crippen molar-refractivity contribution in [3.05, 3.63) is 24.2 Å². The number of aliphatic hydroxyl groups is 4. The molecule has 9 nitrogen and oxygen atoms in total. The van der Waals surface area contributed by atoms with Gasteiger partial charge in [0.2, 0.25) is 0 Å². The third-order valence-corrected chi connectivity index (χ3v) is 3.24. The monoisotopic (exact) mass is 293 g/mol. The van der Waals surface area contributed by atoms with E-state index < -0.39 is 30.8 Å². The molecule has 0 saturated heterocycles. The lowest BCUT2D eigenvalue weighted by atomic mass is 9.93. The molecule has 112 valence electrons. The van der Waals surface area contributed by atoms with Crippen molar-refractivity contribution in [1.82, 2.24) is 14.6 Å². The van der Waals surface area contributed by atoms with Crippen LogP contribution in [0.1, 0.15) is 11.6 Å². The fourth-order valence-electron chi connectivity index (χ4n) is 2.06. The first-order chi connectivity index (χ1) is 10.0. The maximum Gasteiger partial charge on any atom is 0.151 e. The number of fused-ring (bicyclic) bond motifs is 1. The van der Waals surface area contributed by atoms with Crippen LogP contribution in [0.2, 0.25) is 0 Å². The van der Waals surface area contributed by atoms with Crippen LogP contribution in [-0.4, -0.2) is 59.9 Å². The zero-order chi connectivity index (χ0) is 15.6. The molecule has 1 unspecified atom stereocenters. The minimum atomic E-state index is -1.68. The van der Waals surface area contributed by atoms with Gasteiger partial charge >= 0.3 is 0 Å². The standard InChI is InChI=1S/C12H15N5O4/c13-3-6(10(20)11(21)9(19)4-18)7-1-2-8-12(14)15-5-16-17(7)8/h1-2,5-6,9-11,18-21H,4H2,(H2,14,15,16)/t6?,9-,10+,11-/m1/s1. The van der Waals surface area contributed by atoms with Crippen LogP contribution in [0.25, 0.3) is 5.52 Å². The van der Waals surface area contributed by atoms with Crippen LogP contribution < -0.4 is 5.73 Å². The van der Waals surface area contributed by atoms with Gasteiger partial charge in [0.25, 0.3) is 0 Å². The minimum Gasteiger partial charge on any atom is -0.394 e. The van der Waals surface area contributed by atoms with Gasteiger partial charge in [-0.3, -0.25) is 0 Å². The second-order valence-electron chi connectivity index (χ2n) is 4.54. The molecule has 21 heavy (non-hydrogen) atoms. The molecule has 4 atom stereocenters. The lowest BCUT2D eigenvalue weighted by Gasteiger charge is -2.24. The number of hydrogen-bond acceptors (Lipinski definition) is 8. The summed E-state index contributed by atoms with van der Waals surface area (Å²) in [5, 5.41) is 51.2. The van der Waals surface area contributed by atoms with E-state index in [2.05, 4.69) is 10.1 Å². The number of rotatable bonds is 5. The highest BCUT2D eigenvalue weighted by atomic mass is 16.4. The summed E-state index contributed by atoms with van der Waals surface area (Å²) >= 11 is 0. The van der Waals surface area contributed by atoms with Gasteiger partial charge in [-0.2, -0.15) is 10.4 Å². The van der Waals surface area contributed by atoms with Gasteiger partial charge in [-0.1, -0.05) is 0 Å². The quantitative estimate of drug-likeness (QED) is 0.422.